The van der Waals surface area contributed by atoms with E-state index in [0.717, 1.165) is 25.0 Å². The second kappa shape index (κ2) is 7.39. The molecule has 1 aromatic heterocycles. The van der Waals surface area contributed by atoms with Crippen molar-refractivity contribution in [3.63, 3.8) is 0 Å². The Morgan fingerprint density at radius 1 is 1.29 bits per heavy atom. The maximum absolute atomic E-state index is 13.0. The highest BCUT2D eigenvalue weighted by Crippen LogP contribution is 2.42. The van der Waals surface area contributed by atoms with E-state index in [1.165, 1.54) is 0 Å². The number of fused-ring (bicyclic) bond motifs is 1. The number of aromatic nitrogens is 2. The molecule has 1 aliphatic heterocycles. The number of aryl methyl sites for hydroxylation is 1. The van der Waals surface area contributed by atoms with Crippen LogP contribution in [0.4, 0.5) is 0 Å². The van der Waals surface area contributed by atoms with Gasteiger partial charge in [0, 0.05) is 37.2 Å². The van der Waals surface area contributed by atoms with Crippen LogP contribution in [0, 0.1) is 6.92 Å². The molecule has 0 bridgehead atoms. The molecule has 0 spiro atoms. The van der Waals surface area contributed by atoms with Gasteiger partial charge < -0.3 is 19.9 Å². The summed E-state index contributed by atoms with van der Waals surface area (Å²) in [5, 5.41) is 3.14. The fraction of sp³-hybridized carbons (Fsp3) is 0.476. The molecule has 0 unspecified atom stereocenters. The Balaban J connectivity index is 1.50. The Morgan fingerprint density at radius 3 is 2.75 bits per heavy atom. The third-order valence-electron chi connectivity index (χ3n) is 6.13. The van der Waals surface area contributed by atoms with Gasteiger partial charge in [0.1, 0.15) is 0 Å². The Labute approximate surface area is 164 Å². The van der Waals surface area contributed by atoms with Gasteiger partial charge in [-0.05, 0) is 44.7 Å². The molecule has 0 radical (unpaired) electrons. The van der Waals surface area contributed by atoms with Gasteiger partial charge in [-0.1, -0.05) is 18.2 Å². The second-order valence-electron chi connectivity index (χ2n) is 7.76. The first-order valence-electron chi connectivity index (χ1n) is 9.76. The number of benzene rings is 1. The molecule has 148 valence electrons. The topological polar surface area (TPSA) is 87.3 Å². The average molecular weight is 382 g/mol. The molecular formula is C21H26N4O3. The van der Waals surface area contributed by atoms with Crippen molar-refractivity contribution in [2.75, 3.05) is 13.7 Å². The van der Waals surface area contributed by atoms with Crippen molar-refractivity contribution in [1.82, 2.24) is 20.2 Å². The van der Waals surface area contributed by atoms with E-state index in [9.17, 15) is 9.59 Å². The smallest absolute Gasteiger partial charge is 0.289 e. The van der Waals surface area contributed by atoms with Gasteiger partial charge in [0.2, 0.25) is 0 Å². The Morgan fingerprint density at radius 2 is 2.07 bits per heavy atom. The van der Waals surface area contributed by atoms with Gasteiger partial charge in [0.05, 0.1) is 11.6 Å². The number of carbonyl (C=O) groups is 2. The molecule has 4 rings (SSSR count). The van der Waals surface area contributed by atoms with E-state index in [1.54, 1.807) is 13.3 Å². The molecule has 1 aromatic carbocycles. The maximum atomic E-state index is 13.0. The zero-order valence-electron chi connectivity index (χ0n) is 16.3. The molecule has 2 fully saturated rings. The quantitative estimate of drug-likeness (QED) is 0.849. The van der Waals surface area contributed by atoms with Crippen molar-refractivity contribution in [2.24, 2.45) is 0 Å². The van der Waals surface area contributed by atoms with Gasteiger partial charge in [0.15, 0.2) is 5.82 Å². The van der Waals surface area contributed by atoms with Gasteiger partial charge in [-0.15, -0.1) is 0 Å². The van der Waals surface area contributed by atoms with Crippen LogP contribution in [0.1, 0.15) is 52.4 Å². The summed E-state index contributed by atoms with van der Waals surface area (Å²) in [4.78, 5) is 34.7. The minimum absolute atomic E-state index is 0.00715. The van der Waals surface area contributed by atoms with Gasteiger partial charge in [-0.25, -0.2) is 4.98 Å². The summed E-state index contributed by atoms with van der Waals surface area (Å²) >= 11 is 0. The Kier molecular flexibility index (Phi) is 4.93. The van der Waals surface area contributed by atoms with E-state index in [1.807, 2.05) is 42.2 Å². The maximum Gasteiger partial charge on any atom is 0.289 e. The number of likely N-dealkylation sites (tertiary alicyclic amines) is 1. The molecular weight excluding hydrogens is 356 g/mol. The van der Waals surface area contributed by atoms with Crippen molar-refractivity contribution in [2.45, 2.75) is 50.3 Å². The average Bonchev–Trinajstić information content (AvgIpc) is 3.32. The highest BCUT2D eigenvalue weighted by atomic mass is 16.5. The minimum Gasteiger partial charge on any atom is -0.376 e. The van der Waals surface area contributed by atoms with Crippen LogP contribution in [-0.2, 0) is 4.74 Å². The number of imidazole rings is 1. The van der Waals surface area contributed by atoms with Crippen LogP contribution in [0.25, 0.3) is 0 Å². The molecule has 1 aliphatic carbocycles. The summed E-state index contributed by atoms with van der Waals surface area (Å²) in [5.41, 5.74) is 1.17. The molecule has 2 heterocycles. The largest absolute Gasteiger partial charge is 0.376 e. The van der Waals surface area contributed by atoms with E-state index in [2.05, 4.69) is 15.3 Å². The van der Waals surface area contributed by atoms with Crippen LogP contribution in [-0.4, -0.2) is 58.0 Å². The summed E-state index contributed by atoms with van der Waals surface area (Å²) in [7, 11) is 1.72. The highest BCUT2D eigenvalue weighted by Gasteiger charge is 2.53. The van der Waals surface area contributed by atoms with Gasteiger partial charge in [-0.3, -0.25) is 9.59 Å². The van der Waals surface area contributed by atoms with Crippen LogP contribution in [0.5, 0.6) is 0 Å². The van der Waals surface area contributed by atoms with E-state index >= 15 is 0 Å². The molecule has 1 saturated heterocycles. The lowest BCUT2D eigenvalue weighted by Crippen LogP contribution is -2.55. The number of methoxy groups -OCH3 is 1. The van der Waals surface area contributed by atoms with Gasteiger partial charge in [-0.2, -0.15) is 0 Å². The third kappa shape index (κ3) is 3.30. The van der Waals surface area contributed by atoms with Crippen molar-refractivity contribution in [3.8, 4) is 0 Å². The normalized spacial score (nSPS) is 26.7. The van der Waals surface area contributed by atoms with Crippen molar-refractivity contribution < 1.29 is 14.3 Å². The van der Waals surface area contributed by atoms with E-state index in [-0.39, 0.29) is 29.5 Å². The molecule has 2 aromatic rings. The van der Waals surface area contributed by atoms with Crippen molar-refractivity contribution in [3.05, 3.63) is 53.6 Å². The number of amides is 2. The summed E-state index contributed by atoms with van der Waals surface area (Å²) in [6.07, 6.45) is 4.80. The number of carbonyl (C=O) groups excluding carboxylic acids is 2. The molecule has 2 aliphatic rings. The second-order valence-corrected chi connectivity index (χ2v) is 7.76. The zero-order valence-corrected chi connectivity index (χ0v) is 16.3. The first-order valence-corrected chi connectivity index (χ1v) is 9.76. The van der Waals surface area contributed by atoms with Crippen LogP contribution in [0.2, 0.25) is 0 Å². The van der Waals surface area contributed by atoms with E-state index in [4.69, 9.17) is 4.74 Å². The molecule has 1 saturated carbocycles. The van der Waals surface area contributed by atoms with E-state index in [0.29, 0.717) is 24.4 Å². The third-order valence-corrected chi connectivity index (χ3v) is 6.13. The van der Waals surface area contributed by atoms with Crippen LogP contribution >= 0.6 is 0 Å². The summed E-state index contributed by atoms with van der Waals surface area (Å²) in [6, 6.07) is 9.15. The lowest BCUT2D eigenvalue weighted by molar-refractivity contribution is -0.0626. The SMILES string of the molecule is CO[C@@]12CC[C@@H](NC(=O)c3ccccc3)C[C@@H]1N(C(=O)c1ncc(C)[nH]1)CC2. The fourth-order valence-electron chi connectivity index (χ4n) is 4.59. The summed E-state index contributed by atoms with van der Waals surface area (Å²) in [6.45, 7) is 2.51. The minimum atomic E-state index is -0.342. The molecule has 2 N–H and O–H groups in total. The number of nitrogens with zero attached hydrogens (tertiary/aromatic N) is 2. The molecule has 7 nitrogen and oxygen atoms in total. The lowest BCUT2D eigenvalue weighted by Gasteiger charge is -2.43. The number of aromatic amines is 1. The van der Waals surface area contributed by atoms with Crippen LogP contribution in [0.3, 0.4) is 0 Å². The predicted octanol–water partition coefficient (Wildman–Crippen LogP) is 2.30. The monoisotopic (exact) mass is 382 g/mol. The lowest BCUT2D eigenvalue weighted by atomic mass is 9.78. The molecule has 3 atom stereocenters. The van der Waals surface area contributed by atoms with Crippen molar-refractivity contribution >= 4 is 11.8 Å². The first kappa shape index (κ1) is 18.7. The standard InChI is InChI=1S/C21H26N4O3/c1-14-13-22-18(23-14)20(27)25-11-10-21(28-2)9-8-16(12-17(21)25)24-19(26)15-6-4-3-5-7-15/h3-7,13,16-17H,8-12H2,1-2H3,(H,22,23)(H,24,26)/t16-,17+,21-/m1/s1. The number of nitrogens with one attached hydrogen (secondary N) is 2. The molecule has 2 amide bonds. The molecule has 28 heavy (non-hydrogen) atoms. The van der Waals surface area contributed by atoms with Gasteiger partial charge in [0.25, 0.3) is 11.8 Å². The number of H-pyrrole nitrogens is 1. The van der Waals surface area contributed by atoms with E-state index < -0.39 is 0 Å². The number of rotatable bonds is 4. The Bertz CT molecular complexity index is 866. The first-order chi connectivity index (χ1) is 13.5. The summed E-state index contributed by atoms with van der Waals surface area (Å²) < 4.78 is 5.92. The van der Waals surface area contributed by atoms with Crippen LogP contribution in [0.15, 0.2) is 36.5 Å². The Hall–Kier alpha value is -2.67. The highest BCUT2D eigenvalue weighted by molar-refractivity contribution is 5.94. The predicted molar refractivity (Wildman–Crippen MR) is 104 cm³/mol. The summed E-state index contributed by atoms with van der Waals surface area (Å²) in [5.74, 6) is 0.181. The number of hydrogen-bond donors (Lipinski definition) is 2. The van der Waals surface area contributed by atoms with Crippen molar-refractivity contribution in [1.29, 1.82) is 0 Å². The van der Waals surface area contributed by atoms with Crippen LogP contribution < -0.4 is 5.32 Å². The number of ether oxygens (including phenoxy) is 1. The fourth-order valence-corrected chi connectivity index (χ4v) is 4.59. The molecule has 7 heteroatoms. The number of hydrogen-bond acceptors (Lipinski definition) is 4. The van der Waals surface area contributed by atoms with Gasteiger partial charge >= 0.3 is 0 Å². The zero-order chi connectivity index (χ0) is 19.7.